The Morgan fingerprint density at radius 2 is 2.33 bits per heavy atom. The number of H-pyrrole nitrogens is 2. The van der Waals surface area contributed by atoms with Crippen molar-refractivity contribution in [3.8, 4) is 0 Å². The van der Waals surface area contributed by atoms with E-state index in [0.717, 1.165) is 24.4 Å². The standard InChI is InChI=1S/C14H19N3O/c1-10-3-2-6-17(8-10)9-11-7-16-13-12(11)4-5-15-14(13)18/h4-5,7,10,16H,2-3,6,8-9H2,1H3,(H,15,18). The highest BCUT2D eigenvalue weighted by Crippen LogP contribution is 2.21. The fourth-order valence-electron chi connectivity index (χ4n) is 2.93. The lowest BCUT2D eigenvalue weighted by Crippen LogP contribution is -2.33. The Balaban J connectivity index is 1.86. The van der Waals surface area contributed by atoms with Crippen LogP contribution in [0.2, 0.25) is 0 Å². The quantitative estimate of drug-likeness (QED) is 0.851. The lowest BCUT2D eigenvalue weighted by atomic mass is 10.00. The van der Waals surface area contributed by atoms with Crippen LogP contribution in [0, 0.1) is 5.92 Å². The third-order valence-corrected chi connectivity index (χ3v) is 3.83. The topological polar surface area (TPSA) is 51.9 Å². The molecule has 0 aliphatic carbocycles. The van der Waals surface area contributed by atoms with Crippen LogP contribution in [-0.2, 0) is 6.54 Å². The minimum Gasteiger partial charge on any atom is -0.356 e. The van der Waals surface area contributed by atoms with Crippen LogP contribution in [0.1, 0.15) is 25.3 Å². The van der Waals surface area contributed by atoms with Gasteiger partial charge in [-0.3, -0.25) is 9.69 Å². The highest BCUT2D eigenvalue weighted by Gasteiger charge is 2.17. The smallest absolute Gasteiger partial charge is 0.272 e. The van der Waals surface area contributed by atoms with Crippen molar-refractivity contribution in [2.75, 3.05) is 13.1 Å². The van der Waals surface area contributed by atoms with Crippen LogP contribution >= 0.6 is 0 Å². The number of nitrogens with zero attached hydrogens (tertiary/aromatic N) is 1. The van der Waals surface area contributed by atoms with E-state index in [4.69, 9.17) is 0 Å². The van der Waals surface area contributed by atoms with Gasteiger partial charge in [0.15, 0.2) is 0 Å². The zero-order valence-corrected chi connectivity index (χ0v) is 10.7. The molecule has 0 bridgehead atoms. The van der Waals surface area contributed by atoms with Gasteiger partial charge in [0.2, 0.25) is 0 Å². The summed E-state index contributed by atoms with van der Waals surface area (Å²) in [4.78, 5) is 19.9. The third kappa shape index (κ3) is 2.08. The molecule has 0 amide bonds. The molecule has 2 aromatic rings. The first-order valence-electron chi connectivity index (χ1n) is 6.64. The molecule has 4 nitrogen and oxygen atoms in total. The summed E-state index contributed by atoms with van der Waals surface area (Å²) < 4.78 is 0. The van der Waals surface area contributed by atoms with E-state index in [1.54, 1.807) is 6.20 Å². The Morgan fingerprint density at radius 1 is 1.44 bits per heavy atom. The second-order valence-corrected chi connectivity index (χ2v) is 5.39. The van der Waals surface area contributed by atoms with E-state index in [-0.39, 0.29) is 5.56 Å². The van der Waals surface area contributed by atoms with Crippen molar-refractivity contribution in [2.24, 2.45) is 5.92 Å². The van der Waals surface area contributed by atoms with Crippen molar-refractivity contribution in [1.29, 1.82) is 0 Å². The first-order valence-corrected chi connectivity index (χ1v) is 6.64. The van der Waals surface area contributed by atoms with Crippen molar-refractivity contribution in [3.05, 3.63) is 34.4 Å². The predicted molar refractivity (Wildman–Crippen MR) is 72.6 cm³/mol. The number of aromatic amines is 2. The summed E-state index contributed by atoms with van der Waals surface area (Å²) >= 11 is 0. The van der Waals surface area contributed by atoms with Gasteiger partial charge in [0.1, 0.15) is 5.52 Å². The molecule has 1 fully saturated rings. The Kier molecular flexibility index (Phi) is 2.96. The molecule has 1 saturated heterocycles. The molecular weight excluding hydrogens is 226 g/mol. The molecule has 2 aromatic heterocycles. The molecule has 0 radical (unpaired) electrons. The Labute approximate surface area is 106 Å². The normalized spacial score (nSPS) is 21.5. The monoisotopic (exact) mass is 245 g/mol. The first kappa shape index (κ1) is 11.5. The van der Waals surface area contributed by atoms with Gasteiger partial charge in [0, 0.05) is 30.9 Å². The van der Waals surface area contributed by atoms with Crippen molar-refractivity contribution >= 4 is 10.9 Å². The molecule has 0 saturated carbocycles. The fourth-order valence-corrected chi connectivity index (χ4v) is 2.93. The van der Waals surface area contributed by atoms with Gasteiger partial charge in [-0.1, -0.05) is 6.92 Å². The van der Waals surface area contributed by atoms with E-state index in [1.807, 2.05) is 12.3 Å². The average molecular weight is 245 g/mol. The lowest BCUT2D eigenvalue weighted by molar-refractivity contribution is 0.177. The van der Waals surface area contributed by atoms with Crippen LogP contribution in [-0.4, -0.2) is 28.0 Å². The number of rotatable bonds is 2. The van der Waals surface area contributed by atoms with Crippen LogP contribution < -0.4 is 5.56 Å². The molecule has 96 valence electrons. The molecule has 1 atom stereocenters. The molecular formula is C14H19N3O. The first-order chi connectivity index (χ1) is 8.74. The molecule has 3 rings (SSSR count). The zero-order chi connectivity index (χ0) is 12.5. The average Bonchev–Trinajstić information content (AvgIpc) is 2.74. The van der Waals surface area contributed by atoms with E-state index in [1.165, 1.54) is 24.9 Å². The molecule has 0 spiro atoms. The Hall–Kier alpha value is -1.55. The maximum atomic E-state index is 11.6. The van der Waals surface area contributed by atoms with Gasteiger partial charge in [0.05, 0.1) is 0 Å². The van der Waals surface area contributed by atoms with Gasteiger partial charge in [-0.05, 0) is 36.9 Å². The highest BCUT2D eigenvalue weighted by molar-refractivity contribution is 5.81. The highest BCUT2D eigenvalue weighted by atomic mass is 16.1. The summed E-state index contributed by atoms with van der Waals surface area (Å²) in [6.07, 6.45) is 6.31. The fraction of sp³-hybridized carbons (Fsp3) is 0.500. The van der Waals surface area contributed by atoms with Crippen molar-refractivity contribution in [2.45, 2.75) is 26.3 Å². The molecule has 4 heteroatoms. The second-order valence-electron chi connectivity index (χ2n) is 5.39. The number of pyridine rings is 1. The number of hydrogen-bond acceptors (Lipinski definition) is 2. The molecule has 3 heterocycles. The number of hydrogen-bond donors (Lipinski definition) is 2. The van der Waals surface area contributed by atoms with Crippen molar-refractivity contribution in [1.82, 2.24) is 14.9 Å². The maximum Gasteiger partial charge on any atom is 0.272 e. The van der Waals surface area contributed by atoms with E-state index in [9.17, 15) is 4.79 Å². The number of piperidine rings is 1. The van der Waals surface area contributed by atoms with Gasteiger partial charge in [-0.2, -0.15) is 0 Å². The van der Waals surface area contributed by atoms with Gasteiger partial charge in [0.25, 0.3) is 5.56 Å². The van der Waals surface area contributed by atoms with E-state index in [2.05, 4.69) is 21.8 Å². The maximum absolute atomic E-state index is 11.6. The summed E-state index contributed by atoms with van der Waals surface area (Å²) in [6.45, 7) is 5.58. The minimum absolute atomic E-state index is 0.0363. The van der Waals surface area contributed by atoms with Crippen molar-refractivity contribution in [3.63, 3.8) is 0 Å². The number of nitrogens with one attached hydrogen (secondary N) is 2. The Bertz CT molecular complexity index is 598. The summed E-state index contributed by atoms with van der Waals surface area (Å²) in [5.74, 6) is 0.785. The van der Waals surface area contributed by atoms with Crippen LogP contribution in [0.25, 0.3) is 10.9 Å². The summed E-state index contributed by atoms with van der Waals surface area (Å²) in [5.41, 5.74) is 1.88. The third-order valence-electron chi connectivity index (χ3n) is 3.83. The summed E-state index contributed by atoms with van der Waals surface area (Å²) in [6, 6.07) is 1.98. The number of fused-ring (bicyclic) bond motifs is 1. The number of likely N-dealkylation sites (tertiary alicyclic amines) is 1. The van der Waals surface area contributed by atoms with Crippen molar-refractivity contribution < 1.29 is 0 Å². The minimum atomic E-state index is -0.0363. The van der Waals surface area contributed by atoms with Crippen LogP contribution in [0.15, 0.2) is 23.3 Å². The SMILES string of the molecule is CC1CCCN(Cc2c[nH]c3c(=O)[nH]ccc23)C1. The van der Waals surface area contributed by atoms with Gasteiger partial charge >= 0.3 is 0 Å². The molecule has 1 unspecified atom stereocenters. The number of aromatic nitrogens is 2. The van der Waals surface area contributed by atoms with E-state index >= 15 is 0 Å². The second kappa shape index (κ2) is 4.61. The van der Waals surface area contributed by atoms with E-state index < -0.39 is 0 Å². The van der Waals surface area contributed by atoms with Crippen LogP contribution in [0.3, 0.4) is 0 Å². The summed E-state index contributed by atoms with van der Waals surface area (Å²) in [5, 5.41) is 1.05. The van der Waals surface area contributed by atoms with Gasteiger partial charge < -0.3 is 9.97 Å². The Morgan fingerprint density at radius 3 is 3.17 bits per heavy atom. The van der Waals surface area contributed by atoms with E-state index in [0.29, 0.717) is 5.52 Å². The molecule has 18 heavy (non-hydrogen) atoms. The largest absolute Gasteiger partial charge is 0.356 e. The van der Waals surface area contributed by atoms with Gasteiger partial charge in [-0.25, -0.2) is 0 Å². The molecule has 1 aliphatic rings. The summed E-state index contributed by atoms with van der Waals surface area (Å²) in [7, 11) is 0. The van der Waals surface area contributed by atoms with Crippen LogP contribution in [0.4, 0.5) is 0 Å². The lowest BCUT2D eigenvalue weighted by Gasteiger charge is -2.30. The molecule has 2 N–H and O–H groups in total. The molecule has 0 aromatic carbocycles. The predicted octanol–water partition coefficient (Wildman–Crippen LogP) is 2.09. The van der Waals surface area contributed by atoms with Crippen LogP contribution in [0.5, 0.6) is 0 Å². The molecule has 1 aliphatic heterocycles. The van der Waals surface area contributed by atoms with Gasteiger partial charge in [-0.15, -0.1) is 0 Å². The zero-order valence-electron chi connectivity index (χ0n) is 10.7.